The van der Waals surface area contributed by atoms with Crippen LogP contribution in [0.3, 0.4) is 0 Å². The van der Waals surface area contributed by atoms with Crippen molar-refractivity contribution in [3.63, 3.8) is 0 Å². The second-order valence-corrected chi connectivity index (χ2v) is 22.3. The quantitative estimate of drug-likeness (QED) is 0.0584. The van der Waals surface area contributed by atoms with Gasteiger partial charge in [-0.05, 0) is 95.8 Å². The first-order valence-electron chi connectivity index (χ1n) is 20.3. The van der Waals surface area contributed by atoms with Gasteiger partial charge in [-0.1, -0.05) is 72.8 Å². The molecule has 8 rings (SSSR count). The number of H-pyrrole nitrogens is 2. The van der Waals surface area contributed by atoms with E-state index in [1.807, 2.05) is 42.5 Å². The minimum Gasteiger partial charge on any atom is -0.342 e. The zero-order valence-corrected chi connectivity index (χ0v) is 39.3. The standard InChI is InChI=1S/C23H21F3N4O4S2.C22H22N4O4S2/c1-35(31,32)29-17-10-6-15(7-11-17)8-13-22-27-20-12-9-16(14-21(20)28-22)18-4-2-3-5-19(18)30-36(33,34)23(24,25)26;1-31(27,28)26-17-10-6-15(7-11-17)8-13-22-24-19-12-9-16(14-20(19)25-22)18-4-2-3-5-21(18)32(23,29)30/h2-7,9-12,14,29-30H,8,13H2,1H3,(H,27,28);2-7,9-12,14,26H,8,13H2,1H3,(H,24,25)(H2,23,29,30). The van der Waals surface area contributed by atoms with E-state index in [1.165, 1.54) is 24.3 Å². The summed E-state index contributed by atoms with van der Waals surface area (Å²) < 4.78 is 137. The maximum Gasteiger partial charge on any atom is 0.516 e. The number of rotatable bonds is 15. The number of alkyl halides is 3. The molecule has 7 N–H and O–H groups in total. The number of primary sulfonamides is 1. The first-order valence-corrected chi connectivity index (χ1v) is 27.1. The largest absolute Gasteiger partial charge is 0.516 e. The van der Waals surface area contributed by atoms with Gasteiger partial charge in [-0.15, -0.1) is 0 Å². The summed E-state index contributed by atoms with van der Waals surface area (Å²) in [5.74, 6) is 1.49. The van der Waals surface area contributed by atoms with Crippen LogP contribution in [0.25, 0.3) is 44.3 Å². The molecule has 0 unspecified atom stereocenters. The van der Waals surface area contributed by atoms with Crippen molar-refractivity contribution in [3.05, 3.63) is 156 Å². The van der Waals surface area contributed by atoms with E-state index >= 15 is 0 Å². The molecular formula is C45H43F3N8O8S4. The molecular weight excluding hydrogens is 966 g/mol. The number of benzene rings is 6. The molecule has 68 heavy (non-hydrogen) atoms. The first-order chi connectivity index (χ1) is 31.9. The molecule has 0 bridgehead atoms. The van der Waals surface area contributed by atoms with Gasteiger partial charge < -0.3 is 9.97 Å². The molecule has 0 radical (unpaired) electrons. The number of aromatic amines is 2. The molecule has 2 heterocycles. The monoisotopic (exact) mass is 1010 g/mol. The van der Waals surface area contributed by atoms with E-state index in [0.717, 1.165) is 52.5 Å². The van der Waals surface area contributed by atoms with Crippen LogP contribution in [0.4, 0.5) is 30.2 Å². The Morgan fingerprint density at radius 2 is 0.956 bits per heavy atom. The van der Waals surface area contributed by atoms with Gasteiger partial charge in [-0.25, -0.2) is 40.4 Å². The molecule has 0 atom stereocenters. The summed E-state index contributed by atoms with van der Waals surface area (Å²) in [6.07, 6.45) is 4.77. The minimum atomic E-state index is -5.57. The number of sulfonamides is 4. The Labute approximate surface area is 390 Å². The van der Waals surface area contributed by atoms with Gasteiger partial charge >= 0.3 is 15.5 Å². The summed E-state index contributed by atoms with van der Waals surface area (Å²) >= 11 is 0. The third-order valence-corrected chi connectivity index (χ3v) is 13.4. The molecule has 0 amide bonds. The van der Waals surface area contributed by atoms with Gasteiger partial charge in [0.15, 0.2) is 0 Å². The SMILES string of the molecule is CS(=O)(=O)Nc1ccc(CCc2nc3ccc(-c4ccccc4NS(=O)(=O)C(F)(F)F)cc3[nH]2)cc1.CS(=O)(=O)Nc1ccc(CCc2nc3ccc(-c4ccccc4S(N)(=O)=O)cc3[nH]2)cc1. The van der Waals surface area contributed by atoms with Crippen LogP contribution in [0.5, 0.6) is 0 Å². The number of imidazole rings is 2. The Kier molecular flexibility index (Phi) is 14.0. The van der Waals surface area contributed by atoms with Crippen LogP contribution in [0, 0.1) is 0 Å². The zero-order valence-electron chi connectivity index (χ0n) is 36.0. The normalized spacial score (nSPS) is 12.4. The lowest BCUT2D eigenvalue weighted by Crippen LogP contribution is -2.30. The van der Waals surface area contributed by atoms with Crippen LogP contribution >= 0.6 is 0 Å². The van der Waals surface area contributed by atoms with E-state index in [9.17, 15) is 46.8 Å². The topological polar surface area (TPSA) is 256 Å². The zero-order chi connectivity index (χ0) is 49.1. The smallest absolute Gasteiger partial charge is 0.342 e. The third kappa shape index (κ3) is 12.8. The average molecular weight is 1010 g/mol. The fourth-order valence-electron chi connectivity index (χ4n) is 7.11. The molecule has 0 aliphatic carbocycles. The molecule has 0 spiro atoms. The maximum absolute atomic E-state index is 12.9. The van der Waals surface area contributed by atoms with Crippen molar-refractivity contribution in [3.8, 4) is 22.3 Å². The molecule has 16 nitrogen and oxygen atoms in total. The Hall–Kier alpha value is -6.79. The van der Waals surface area contributed by atoms with Crippen molar-refractivity contribution in [1.82, 2.24) is 19.9 Å². The summed E-state index contributed by atoms with van der Waals surface area (Å²) in [6.45, 7) is 0. The lowest BCUT2D eigenvalue weighted by Gasteiger charge is -2.14. The van der Waals surface area contributed by atoms with Gasteiger partial charge in [-0.3, -0.25) is 14.2 Å². The van der Waals surface area contributed by atoms with Crippen LogP contribution in [-0.4, -0.2) is 71.6 Å². The first kappa shape index (κ1) is 49.1. The van der Waals surface area contributed by atoms with Crippen LogP contribution in [0.1, 0.15) is 22.8 Å². The van der Waals surface area contributed by atoms with Crippen LogP contribution in [-0.2, 0) is 65.8 Å². The van der Waals surface area contributed by atoms with Crippen molar-refractivity contribution in [2.45, 2.75) is 36.1 Å². The fraction of sp³-hybridized carbons (Fsp3) is 0.156. The number of fused-ring (bicyclic) bond motifs is 2. The Bertz CT molecular complexity index is 3590. The number of hydrogen-bond donors (Lipinski definition) is 6. The van der Waals surface area contributed by atoms with E-state index in [0.29, 0.717) is 58.6 Å². The predicted octanol–water partition coefficient (Wildman–Crippen LogP) is 7.68. The van der Waals surface area contributed by atoms with Gasteiger partial charge in [0, 0.05) is 35.3 Å². The molecule has 23 heteroatoms. The summed E-state index contributed by atoms with van der Waals surface area (Å²) in [7, 11) is -16.1. The fourth-order valence-corrected chi connectivity index (χ4v) is 9.58. The number of hydrogen-bond acceptors (Lipinski definition) is 10. The highest BCUT2D eigenvalue weighted by Crippen LogP contribution is 2.34. The number of para-hydroxylation sites is 1. The predicted molar refractivity (Wildman–Crippen MR) is 258 cm³/mol. The van der Waals surface area contributed by atoms with Crippen LogP contribution in [0.2, 0.25) is 0 Å². The summed E-state index contributed by atoms with van der Waals surface area (Å²) in [6, 6.07) is 37.2. The molecule has 0 saturated carbocycles. The maximum atomic E-state index is 12.9. The highest BCUT2D eigenvalue weighted by Gasteiger charge is 2.46. The van der Waals surface area contributed by atoms with Crippen molar-refractivity contribution in [1.29, 1.82) is 0 Å². The van der Waals surface area contributed by atoms with E-state index in [-0.39, 0.29) is 16.1 Å². The van der Waals surface area contributed by atoms with Crippen molar-refractivity contribution in [2.75, 3.05) is 26.7 Å². The van der Waals surface area contributed by atoms with E-state index in [2.05, 4.69) is 29.4 Å². The number of nitrogens with zero attached hydrogens (tertiary/aromatic N) is 2. The van der Waals surface area contributed by atoms with Crippen molar-refractivity contribution < 1.29 is 46.8 Å². The highest BCUT2D eigenvalue weighted by atomic mass is 32.2. The van der Waals surface area contributed by atoms with Gasteiger partial charge in [0.25, 0.3) is 0 Å². The van der Waals surface area contributed by atoms with E-state index in [4.69, 9.17) is 5.14 Å². The van der Waals surface area contributed by atoms with Crippen molar-refractivity contribution in [2.24, 2.45) is 5.14 Å². The number of aromatic nitrogens is 4. The molecule has 0 aliphatic heterocycles. The number of aryl methyl sites for hydroxylation is 4. The third-order valence-electron chi connectivity index (χ3n) is 10.2. The molecule has 2 aromatic heterocycles. The molecule has 6 aromatic carbocycles. The number of nitrogens with two attached hydrogens (primary N) is 1. The minimum absolute atomic E-state index is 0.0768. The van der Waals surface area contributed by atoms with Crippen molar-refractivity contribution >= 4 is 79.2 Å². The highest BCUT2D eigenvalue weighted by molar-refractivity contribution is 7.93. The summed E-state index contributed by atoms with van der Waals surface area (Å²) in [5.41, 5.74) is 2.31. The van der Waals surface area contributed by atoms with Gasteiger partial charge in [-0.2, -0.15) is 21.6 Å². The average Bonchev–Trinajstić information content (AvgIpc) is 3.87. The Balaban J connectivity index is 0.000000203. The van der Waals surface area contributed by atoms with Crippen LogP contribution < -0.4 is 19.3 Å². The van der Waals surface area contributed by atoms with E-state index in [1.54, 1.807) is 71.5 Å². The second kappa shape index (κ2) is 19.4. The lowest BCUT2D eigenvalue weighted by molar-refractivity contribution is -0.0429. The number of nitrogens with one attached hydrogen (secondary N) is 5. The molecule has 8 aromatic rings. The van der Waals surface area contributed by atoms with Crippen LogP contribution in [0.15, 0.2) is 138 Å². The Morgan fingerprint density at radius 3 is 1.40 bits per heavy atom. The van der Waals surface area contributed by atoms with Gasteiger partial charge in [0.05, 0.1) is 45.2 Å². The van der Waals surface area contributed by atoms with E-state index < -0.39 is 45.6 Å². The molecule has 356 valence electrons. The number of halogens is 3. The number of anilines is 3. The second-order valence-electron chi connectivity index (χ2n) is 15.6. The van der Waals surface area contributed by atoms with Gasteiger partial charge in [0.2, 0.25) is 30.1 Å². The molecule has 0 saturated heterocycles. The molecule has 0 fully saturated rings. The summed E-state index contributed by atoms with van der Waals surface area (Å²) in [4.78, 5) is 15.7. The lowest BCUT2D eigenvalue weighted by atomic mass is 10.0. The molecule has 0 aliphatic rings. The summed E-state index contributed by atoms with van der Waals surface area (Å²) in [5, 5.41) is 5.36. The van der Waals surface area contributed by atoms with Gasteiger partial charge in [0.1, 0.15) is 11.6 Å². The Morgan fingerprint density at radius 1 is 0.529 bits per heavy atom.